The number of amides is 1. The van der Waals surface area contributed by atoms with Gasteiger partial charge in [-0.05, 0) is 38.8 Å². The summed E-state index contributed by atoms with van der Waals surface area (Å²) in [6, 6.07) is 8.20. The molecule has 6 heteroatoms. The van der Waals surface area contributed by atoms with E-state index in [-0.39, 0.29) is 11.2 Å². The number of hydrogen-bond acceptors (Lipinski definition) is 5. The summed E-state index contributed by atoms with van der Waals surface area (Å²) >= 11 is 1.56. The summed E-state index contributed by atoms with van der Waals surface area (Å²) in [6.07, 6.45) is 2.89. The summed E-state index contributed by atoms with van der Waals surface area (Å²) in [6.45, 7) is 4.48. The van der Waals surface area contributed by atoms with Crippen LogP contribution >= 0.6 is 11.8 Å². The van der Waals surface area contributed by atoms with Gasteiger partial charge in [0.05, 0.1) is 5.25 Å². The van der Waals surface area contributed by atoms with E-state index in [2.05, 4.69) is 34.5 Å². The second kappa shape index (κ2) is 7.17. The Morgan fingerprint density at radius 3 is 2.83 bits per heavy atom. The number of hydrogen-bond donors (Lipinski definition) is 1. The van der Waals surface area contributed by atoms with Crippen molar-refractivity contribution in [2.24, 2.45) is 0 Å². The molecule has 0 bridgehead atoms. The maximum Gasteiger partial charge on any atom is 0.233 e. The third-order valence-corrected chi connectivity index (χ3v) is 4.88. The average Bonchev–Trinajstić information content (AvgIpc) is 3.29. The van der Waals surface area contributed by atoms with Gasteiger partial charge in [0, 0.05) is 23.8 Å². The van der Waals surface area contributed by atoms with Gasteiger partial charge in [-0.15, -0.1) is 11.8 Å². The Morgan fingerprint density at radius 2 is 2.13 bits per heavy atom. The average molecular weight is 331 g/mol. The van der Waals surface area contributed by atoms with Crippen LogP contribution in [0.1, 0.15) is 43.0 Å². The van der Waals surface area contributed by atoms with E-state index in [4.69, 9.17) is 4.52 Å². The first-order valence-electron chi connectivity index (χ1n) is 7.95. The first kappa shape index (κ1) is 16.1. The van der Waals surface area contributed by atoms with E-state index in [0.29, 0.717) is 24.8 Å². The van der Waals surface area contributed by atoms with Gasteiger partial charge in [-0.25, -0.2) is 0 Å². The molecule has 0 radical (unpaired) electrons. The molecule has 1 fully saturated rings. The van der Waals surface area contributed by atoms with Crippen LogP contribution in [0, 0.1) is 6.92 Å². The highest BCUT2D eigenvalue weighted by atomic mass is 32.2. The van der Waals surface area contributed by atoms with Gasteiger partial charge in [0.2, 0.25) is 11.8 Å². The van der Waals surface area contributed by atoms with Crippen molar-refractivity contribution in [3.05, 3.63) is 41.5 Å². The van der Waals surface area contributed by atoms with Crippen LogP contribution in [0.25, 0.3) is 0 Å². The number of nitrogens with one attached hydrogen (secondary N) is 1. The zero-order valence-corrected chi connectivity index (χ0v) is 14.2. The molecule has 1 atom stereocenters. The van der Waals surface area contributed by atoms with Crippen LogP contribution in [0.2, 0.25) is 0 Å². The van der Waals surface area contributed by atoms with Crippen molar-refractivity contribution >= 4 is 17.7 Å². The van der Waals surface area contributed by atoms with Gasteiger partial charge in [0.25, 0.3) is 0 Å². The van der Waals surface area contributed by atoms with E-state index in [0.717, 1.165) is 23.6 Å². The number of benzene rings is 1. The van der Waals surface area contributed by atoms with Gasteiger partial charge in [-0.2, -0.15) is 4.98 Å². The van der Waals surface area contributed by atoms with E-state index >= 15 is 0 Å². The number of thioether (sulfide) groups is 1. The van der Waals surface area contributed by atoms with E-state index < -0.39 is 0 Å². The molecule has 0 spiro atoms. The van der Waals surface area contributed by atoms with Crippen LogP contribution in [0.4, 0.5) is 0 Å². The molecule has 1 aliphatic carbocycles. The molecule has 1 saturated carbocycles. The van der Waals surface area contributed by atoms with Crippen molar-refractivity contribution in [3.63, 3.8) is 0 Å². The van der Waals surface area contributed by atoms with Crippen molar-refractivity contribution in [2.75, 3.05) is 6.54 Å². The van der Waals surface area contributed by atoms with Crippen LogP contribution in [0.5, 0.6) is 0 Å². The fourth-order valence-corrected chi connectivity index (χ4v) is 3.08. The van der Waals surface area contributed by atoms with Crippen LogP contribution < -0.4 is 5.32 Å². The molecule has 1 amide bonds. The van der Waals surface area contributed by atoms with Gasteiger partial charge < -0.3 is 9.84 Å². The molecular formula is C17H21N3O2S. The number of carbonyl (C=O) groups excluding carboxylic acids is 1. The summed E-state index contributed by atoms with van der Waals surface area (Å²) in [4.78, 5) is 17.6. The minimum Gasteiger partial charge on any atom is -0.355 e. The third-order valence-electron chi connectivity index (χ3n) is 3.77. The highest BCUT2D eigenvalue weighted by Crippen LogP contribution is 2.38. The minimum atomic E-state index is -0.137. The summed E-state index contributed by atoms with van der Waals surface area (Å²) in [7, 11) is 0. The fourth-order valence-electron chi connectivity index (χ4n) is 2.19. The first-order chi connectivity index (χ1) is 11.1. The summed E-state index contributed by atoms with van der Waals surface area (Å²) < 4.78 is 5.20. The van der Waals surface area contributed by atoms with Crippen molar-refractivity contribution in [3.8, 4) is 0 Å². The van der Waals surface area contributed by atoms with Crippen LogP contribution in [0.3, 0.4) is 0 Å². The molecule has 122 valence electrons. The van der Waals surface area contributed by atoms with Crippen molar-refractivity contribution in [2.45, 2.75) is 49.2 Å². The normalized spacial score (nSPS) is 15.4. The van der Waals surface area contributed by atoms with Crippen LogP contribution in [0.15, 0.2) is 33.7 Å². The molecule has 3 rings (SSSR count). The first-order valence-corrected chi connectivity index (χ1v) is 8.83. The SMILES string of the molecule is Cc1ccc(S[C@@H](C)C(=O)NCCc2nc(C3CC3)no2)cc1. The van der Waals surface area contributed by atoms with E-state index in [1.807, 2.05) is 19.1 Å². The molecule has 1 N–H and O–H groups in total. The van der Waals surface area contributed by atoms with Gasteiger partial charge in [-0.3, -0.25) is 4.79 Å². The van der Waals surface area contributed by atoms with E-state index in [1.54, 1.807) is 11.8 Å². The topological polar surface area (TPSA) is 68.0 Å². The smallest absolute Gasteiger partial charge is 0.233 e. The maximum atomic E-state index is 12.1. The van der Waals surface area contributed by atoms with Gasteiger partial charge in [-0.1, -0.05) is 22.9 Å². The van der Waals surface area contributed by atoms with Crippen LogP contribution in [-0.2, 0) is 11.2 Å². The quantitative estimate of drug-likeness (QED) is 0.790. The van der Waals surface area contributed by atoms with Crippen molar-refractivity contribution in [1.82, 2.24) is 15.5 Å². The van der Waals surface area contributed by atoms with E-state index in [9.17, 15) is 4.79 Å². The molecule has 1 heterocycles. The number of aryl methyl sites for hydroxylation is 1. The summed E-state index contributed by atoms with van der Waals surface area (Å²) in [5.41, 5.74) is 1.22. The lowest BCUT2D eigenvalue weighted by molar-refractivity contribution is -0.120. The van der Waals surface area contributed by atoms with E-state index in [1.165, 1.54) is 5.56 Å². The van der Waals surface area contributed by atoms with Gasteiger partial charge in [0.1, 0.15) is 0 Å². The summed E-state index contributed by atoms with van der Waals surface area (Å²) in [5.74, 6) is 1.94. The fraction of sp³-hybridized carbons (Fsp3) is 0.471. The highest BCUT2D eigenvalue weighted by molar-refractivity contribution is 8.00. The molecule has 5 nitrogen and oxygen atoms in total. The lowest BCUT2D eigenvalue weighted by atomic mass is 10.2. The number of carbonyl (C=O) groups is 1. The van der Waals surface area contributed by atoms with Crippen molar-refractivity contribution < 1.29 is 9.32 Å². The maximum absolute atomic E-state index is 12.1. The summed E-state index contributed by atoms with van der Waals surface area (Å²) in [5, 5.41) is 6.76. The lowest BCUT2D eigenvalue weighted by Gasteiger charge is -2.11. The Hall–Kier alpha value is -1.82. The predicted molar refractivity (Wildman–Crippen MR) is 89.5 cm³/mol. The second-order valence-electron chi connectivity index (χ2n) is 5.93. The Balaban J connectivity index is 1.41. The lowest BCUT2D eigenvalue weighted by Crippen LogP contribution is -2.32. The molecule has 1 aliphatic rings. The molecule has 23 heavy (non-hydrogen) atoms. The van der Waals surface area contributed by atoms with Gasteiger partial charge >= 0.3 is 0 Å². The van der Waals surface area contributed by atoms with Crippen molar-refractivity contribution in [1.29, 1.82) is 0 Å². The molecule has 1 aromatic carbocycles. The Kier molecular flexibility index (Phi) is 5.00. The van der Waals surface area contributed by atoms with Gasteiger partial charge in [0.15, 0.2) is 5.82 Å². The Morgan fingerprint density at radius 1 is 1.39 bits per heavy atom. The number of aromatic nitrogens is 2. The molecular weight excluding hydrogens is 310 g/mol. The number of rotatable bonds is 7. The molecule has 1 aromatic heterocycles. The molecule has 2 aromatic rings. The standard InChI is InChI=1S/C17H21N3O2S/c1-11-3-7-14(8-4-11)23-12(2)17(21)18-10-9-15-19-16(20-22-15)13-5-6-13/h3-4,7-8,12-13H,5-6,9-10H2,1-2H3,(H,18,21)/t12-/m0/s1. The second-order valence-corrected chi connectivity index (χ2v) is 7.35. The molecule has 0 saturated heterocycles. The monoisotopic (exact) mass is 331 g/mol. The highest BCUT2D eigenvalue weighted by Gasteiger charge is 2.28. The molecule has 0 aliphatic heterocycles. The molecule has 0 unspecified atom stereocenters. The number of nitrogens with zero attached hydrogens (tertiary/aromatic N) is 2. The largest absolute Gasteiger partial charge is 0.355 e. The third kappa shape index (κ3) is 4.58. The Bertz CT molecular complexity index is 665. The predicted octanol–water partition coefficient (Wildman–Crippen LogP) is 3.09. The van der Waals surface area contributed by atoms with Crippen LogP contribution in [-0.4, -0.2) is 27.8 Å². The zero-order valence-electron chi connectivity index (χ0n) is 13.4. The minimum absolute atomic E-state index is 0.0255. The Labute approximate surface area is 140 Å². The zero-order chi connectivity index (χ0) is 16.2.